The molecular weight excluding hydrogens is 199 g/mol. The molecule has 0 fully saturated rings. The van der Waals surface area contributed by atoms with Gasteiger partial charge in [-0.3, -0.25) is 14.4 Å². The third-order valence-corrected chi connectivity index (χ3v) is 3.23. The SMILES string of the molecule is O=C(O)CP(CC(=O)O)CC(=O)O. The van der Waals surface area contributed by atoms with E-state index in [-0.39, 0.29) is 18.5 Å². The summed E-state index contributed by atoms with van der Waals surface area (Å²) in [7, 11) is -1.48. The molecule has 0 spiro atoms. The van der Waals surface area contributed by atoms with Gasteiger partial charge in [-0.05, 0) is 0 Å². The van der Waals surface area contributed by atoms with Crippen LogP contribution in [0.2, 0.25) is 0 Å². The summed E-state index contributed by atoms with van der Waals surface area (Å²) in [6.07, 6.45) is -1.10. The molecule has 0 aromatic carbocycles. The van der Waals surface area contributed by atoms with Crippen molar-refractivity contribution in [1.82, 2.24) is 0 Å². The standard InChI is InChI=1S/C6H9O6P/c7-4(8)1-13(2-5(9)10)3-6(11)12/h1-3H2,(H,7,8)(H,9,10)(H,11,12). The van der Waals surface area contributed by atoms with Crippen LogP contribution in [-0.2, 0) is 14.4 Å². The lowest BCUT2D eigenvalue weighted by atomic mass is 10.8. The Kier molecular flexibility index (Phi) is 4.99. The van der Waals surface area contributed by atoms with Crippen molar-refractivity contribution in [3.63, 3.8) is 0 Å². The molecule has 0 aliphatic carbocycles. The summed E-state index contributed by atoms with van der Waals surface area (Å²) in [6, 6.07) is 0. The Balaban J connectivity index is 4.10. The molecule has 74 valence electrons. The van der Waals surface area contributed by atoms with Gasteiger partial charge in [0.25, 0.3) is 0 Å². The predicted molar refractivity (Wildman–Crippen MR) is 44.4 cm³/mol. The molecule has 0 saturated carbocycles. The smallest absolute Gasteiger partial charge is 0.307 e. The molecule has 3 N–H and O–H groups in total. The van der Waals surface area contributed by atoms with Crippen molar-refractivity contribution in [3.8, 4) is 0 Å². The van der Waals surface area contributed by atoms with Crippen LogP contribution >= 0.6 is 7.92 Å². The Labute approximate surface area is 74.9 Å². The van der Waals surface area contributed by atoms with Crippen molar-refractivity contribution in [2.75, 3.05) is 18.5 Å². The third-order valence-electron chi connectivity index (χ3n) is 1.08. The number of rotatable bonds is 6. The first kappa shape index (κ1) is 11.8. The van der Waals surface area contributed by atoms with Gasteiger partial charge in [0.1, 0.15) is 0 Å². The van der Waals surface area contributed by atoms with Crippen LogP contribution in [0.15, 0.2) is 0 Å². The first-order chi connectivity index (χ1) is 5.91. The molecule has 0 amide bonds. The van der Waals surface area contributed by atoms with E-state index in [1.54, 1.807) is 0 Å². The molecule has 0 aromatic rings. The fraction of sp³-hybridized carbons (Fsp3) is 0.500. The molecule has 0 radical (unpaired) electrons. The number of hydrogen-bond acceptors (Lipinski definition) is 3. The molecule has 6 nitrogen and oxygen atoms in total. The van der Waals surface area contributed by atoms with Crippen LogP contribution in [0.4, 0.5) is 0 Å². The zero-order valence-electron chi connectivity index (χ0n) is 6.63. The van der Waals surface area contributed by atoms with Gasteiger partial charge >= 0.3 is 17.9 Å². The van der Waals surface area contributed by atoms with Gasteiger partial charge in [-0.2, -0.15) is 0 Å². The second-order valence-corrected chi connectivity index (χ2v) is 4.62. The fourth-order valence-electron chi connectivity index (χ4n) is 0.742. The van der Waals surface area contributed by atoms with Crippen molar-refractivity contribution < 1.29 is 29.7 Å². The first-order valence-corrected chi connectivity index (χ1v) is 5.19. The number of carbonyl (C=O) groups is 3. The Bertz CT molecular complexity index is 187. The second kappa shape index (κ2) is 5.48. The minimum absolute atomic E-state index is 0.367. The van der Waals surface area contributed by atoms with Gasteiger partial charge in [-0.25, -0.2) is 0 Å². The fourth-order valence-corrected chi connectivity index (χ4v) is 2.22. The lowest BCUT2D eigenvalue weighted by Gasteiger charge is -2.09. The number of carboxylic acids is 3. The van der Waals surface area contributed by atoms with Crippen molar-refractivity contribution in [2.45, 2.75) is 0 Å². The van der Waals surface area contributed by atoms with Gasteiger partial charge in [0, 0.05) is 0 Å². The Morgan fingerprint density at radius 1 is 0.769 bits per heavy atom. The van der Waals surface area contributed by atoms with E-state index in [0.29, 0.717) is 0 Å². The van der Waals surface area contributed by atoms with E-state index in [2.05, 4.69) is 0 Å². The highest BCUT2D eigenvalue weighted by molar-refractivity contribution is 7.60. The summed E-state index contributed by atoms with van der Waals surface area (Å²) in [5.74, 6) is -3.48. The van der Waals surface area contributed by atoms with E-state index < -0.39 is 25.8 Å². The van der Waals surface area contributed by atoms with Gasteiger partial charge < -0.3 is 15.3 Å². The highest BCUT2D eigenvalue weighted by Crippen LogP contribution is 2.34. The lowest BCUT2D eigenvalue weighted by Crippen LogP contribution is -2.14. The highest BCUT2D eigenvalue weighted by atomic mass is 31.1. The Morgan fingerprint density at radius 3 is 1.15 bits per heavy atom. The maximum Gasteiger partial charge on any atom is 0.307 e. The van der Waals surface area contributed by atoms with Crippen molar-refractivity contribution in [2.24, 2.45) is 0 Å². The molecule has 0 saturated heterocycles. The van der Waals surface area contributed by atoms with Crippen LogP contribution in [0.3, 0.4) is 0 Å². The van der Waals surface area contributed by atoms with Crippen molar-refractivity contribution >= 4 is 25.8 Å². The average Bonchev–Trinajstić information content (AvgIpc) is 1.80. The Hall–Kier alpha value is -1.16. The molecule has 0 aliphatic rings. The summed E-state index contributed by atoms with van der Waals surface area (Å²) in [5.41, 5.74) is 0. The van der Waals surface area contributed by atoms with Crippen LogP contribution in [0.5, 0.6) is 0 Å². The molecular formula is C6H9O6P. The normalized spacial score (nSPS) is 9.92. The summed E-state index contributed by atoms with van der Waals surface area (Å²) >= 11 is 0. The van der Waals surface area contributed by atoms with Gasteiger partial charge in [-0.15, -0.1) is 0 Å². The van der Waals surface area contributed by atoms with Crippen LogP contribution in [0.25, 0.3) is 0 Å². The summed E-state index contributed by atoms with van der Waals surface area (Å²) in [4.78, 5) is 30.6. The van der Waals surface area contributed by atoms with Gasteiger partial charge in [0.15, 0.2) is 0 Å². The quantitative estimate of drug-likeness (QED) is 0.517. The number of carboxylic acid groups (broad SMARTS) is 3. The molecule has 0 atom stereocenters. The summed E-state index contributed by atoms with van der Waals surface area (Å²) < 4.78 is 0. The van der Waals surface area contributed by atoms with Crippen LogP contribution in [0.1, 0.15) is 0 Å². The Morgan fingerprint density at radius 2 is 1.00 bits per heavy atom. The van der Waals surface area contributed by atoms with E-state index in [4.69, 9.17) is 15.3 Å². The molecule has 0 unspecified atom stereocenters. The minimum Gasteiger partial charge on any atom is -0.481 e. The van der Waals surface area contributed by atoms with Crippen molar-refractivity contribution in [3.05, 3.63) is 0 Å². The topological polar surface area (TPSA) is 112 Å². The van der Waals surface area contributed by atoms with E-state index in [0.717, 1.165) is 0 Å². The molecule has 0 bridgehead atoms. The molecule has 13 heavy (non-hydrogen) atoms. The van der Waals surface area contributed by atoms with Crippen LogP contribution in [-0.4, -0.2) is 51.7 Å². The monoisotopic (exact) mass is 208 g/mol. The zero-order chi connectivity index (χ0) is 10.4. The van der Waals surface area contributed by atoms with Crippen LogP contribution in [0, 0.1) is 0 Å². The van der Waals surface area contributed by atoms with E-state index in [1.165, 1.54) is 0 Å². The lowest BCUT2D eigenvalue weighted by molar-refractivity contribution is -0.134. The maximum absolute atomic E-state index is 10.2. The van der Waals surface area contributed by atoms with Crippen molar-refractivity contribution in [1.29, 1.82) is 0 Å². The second-order valence-electron chi connectivity index (χ2n) is 2.33. The average molecular weight is 208 g/mol. The van der Waals surface area contributed by atoms with Gasteiger partial charge in [-0.1, -0.05) is 7.92 Å². The largest absolute Gasteiger partial charge is 0.481 e. The number of hydrogen-bond donors (Lipinski definition) is 3. The molecule has 0 aliphatic heterocycles. The first-order valence-electron chi connectivity index (χ1n) is 3.29. The summed E-state index contributed by atoms with van der Waals surface area (Å²) in [5, 5.41) is 25.0. The highest BCUT2D eigenvalue weighted by Gasteiger charge is 2.18. The van der Waals surface area contributed by atoms with E-state index in [9.17, 15) is 14.4 Å². The molecule has 7 heteroatoms. The third kappa shape index (κ3) is 7.21. The number of aliphatic carboxylic acids is 3. The maximum atomic E-state index is 10.2. The van der Waals surface area contributed by atoms with Gasteiger partial charge in [0.05, 0.1) is 18.5 Å². The van der Waals surface area contributed by atoms with E-state index >= 15 is 0 Å². The minimum atomic E-state index is -1.48. The molecule has 0 aromatic heterocycles. The van der Waals surface area contributed by atoms with Crippen LogP contribution < -0.4 is 0 Å². The van der Waals surface area contributed by atoms with E-state index in [1.807, 2.05) is 0 Å². The van der Waals surface area contributed by atoms with Gasteiger partial charge in [0.2, 0.25) is 0 Å². The summed E-state index contributed by atoms with van der Waals surface area (Å²) in [6.45, 7) is 0. The zero-order valence-corrected chi connectivity index (χ0v) is 7.53. The predicted octanol–water partition coefficient (Wildman–Crippen LogP) is -0.278. The molecule has 0 rings (SSSR count). The molecule has 0 heterocycles.